The van der Waals surface area contributed by atoms with Crippen LogP contribution in [0.15, 0.2) is 35.8 Å². The van der Waals surface area contributed by atoms with Gasteiger partial charge in [-0.3, -0.25) is 10.0 Å². The van der Waals surface area contributed by atoms with E-state index < -0.39 is 17.9 Å². The Morgan fingerprint density at radius 1 is 1.43 bits per heavy atom. The van der Waals surface area contributed by atoms with Gasteiger partial charge in [0.15, 0.2) is 6.23 Å². The highest BCUT2D eigenvalue weighted by atomic mass is 19.1. The van der Waals surface area contributed by atoms with Crippen molar-refractivity contribution in [1.29, 1.82) is 0 Å². The van der Waals surface area contributed by atoms with Gasteiger partial charge in [0.05, 0.1) is 12.6 Å². The molecule has 116 valence electrons. The molecule has 0 spiro atoms. The van der Waals surface area contributed by atoms with E-state index in [-0.39, 0.29) is 11.7 Å². The molecule has 0 radical (unpaired) electrons. The lowest BCUT2D eigenvalue weighted by Gasteiger charge is -2.30. The number of benzene rings is 1. The molecular formula is C15H21F2N3O. The van der Waals surface area contributed by atoms with Crippen molar-refractivity contribution in [1.82, 2.24) is 10.4 Å². The van der Waals surface area contributed by atoms with E-state index in [1.54, 1.807) is 13.1 Å². The number of aliphatic imine (C=N–C) groups is 1. The summed E-state index contributed by atoms with van der Waals surface area (Å²) < 4.78 is 32.8. The number of ether oxygens (including phenoxy) is 1. The lowest BCUT2D eigenvalue weighted by Crippen LogP contribution is -2.40. The largest absolute Gasteiger partial charge is 0.350 e. The molecule has 1 atom stereocenters. The van der Waals surface area contributed by atoms with Crippen LogP contribution in [0.3, 0.4) is 0 Å². The van der Waals surface area contributed by atoms with Gasteiger partial charge < -0.3 is 4.74 Å². The highest BCUT2D eigenvalue weighted by Gasteiger charge is 2.23. The molecular weight excluding hydrogens is 276 g/mol. The van der Waals surface area contributed by atoms with Crippen molar-refractivity contribution in [3.05, 3.63) is 48.1 Å². The molecule has 4 nitrogen and oxygen atoms in total. The van der Waals surface area contributed by atoms with Crippen molar-refractivity contribution in [2.45, 2.75) is 26.2 Å². The lowest BCUT2D eigenvalue weighted by atomic mass is 10.1. The molecule has 21 heavy (non-hydrogen) atoms. The molecule has 0 saturated heterocycles. The maximum atomic E-state index is 14.0. The van der Waals surface area contributed by atoms with Crippen LogP contribution < -0.4 is 5.43 Å². The van der Waals surface area contributed by atoms with Crippen LogP contribution in [0.25, 0.3) is 0 Å². The SMILES string of the molecule is C=CC/N=C\N(NC)C(OC(C)C)c1ccc(F)cc1F. The summed E-state index contributed by atoms with van der Waals surface area (Å²) in [6.07, 6.45) is 2.23. The van der Waals surface area contributed by atoms with Crippen molar-refractivity contribution in [3.8, 4) is 0 Å². The summed E-state index contributed by atoms with van der Waals surface area (Å²) in [6, 6.07) is 3.40. The van der Waals surface area contributed by atoms with Crippen LogP contribution in [-0.4, -0.2) is 31.0 Å². The van der Waals surface area contributed by atoms with Crippen LogP contribution in [0.2, 0.25) is 0 Å². The van der Waals surface area contributed by atoms with E-state index in [0.717, 1.165) is 6.07 Å². The highest BCUT2D eigenvalue weighted by molar-refractivity contribution is 5.55. The number of nitrogens with one attached hydrogen (secondary N) is 1. The zero-order valence-electron chi connectivity index (χ0n) is 12.5. The van der Waals surface area contributed by atoms with E-state index in [2.05, 4.69) is 17.0 Å². The van der Waals surface area contributed by atoms with Crippen LogP contribution in [-0.2, 0) is 4.74 Å². The Morgan fingerprint density at radius 2 is 2.14 bits per heavy atom. The number of rotatable bonds is 8. The second kappa shape index (κ2) is 8.49. The smallest absolute Gasteiger partial charge is 0.174 e. The first-order valence-electron chi connectivity index (χ1n) is 6.66. The molecule has 1 aromatic rings. The fourth-order valence-electron chi connectivity index (χ4n) is 1.69. The number of hydrogen-bond acceptors (Lipinski definition) is 3. The Labute approximate surface area is 124 Å². The standard InChI is InChI=1S/C15H21F2N3O/c1-5-8-19-10-20(18-4)15(21-11(2)3)13-7-6-12(16)9-14(13)17/h5-7,9-11,15,18H,1,8H2,2-4H3/b19-10-. The second-order valence-electron chi connectivity index (χ2n) is 4.60. The van der Waals surface area contributed by atoms with E-state index in [1.807, 2.05) is 13.8 Å². The minimum atomic E-state index is -0.760. The van der Waals surface area contributed by atoms with Crippen LogP contribution >= 0.6 is 0 Å². The summed E-state index contributed by atoms with van der Waals surface area (Å²) in [6.45, 7) is 7.67. The first-order chi connectivity index (χ1) is 9.99. The normalized spacial score (nSPS) is 12.9. The van der Waals surface area contributed by atoms with Gasteiger partial charge in [0.1, 0.15) is 18.0 Å². The predicted octanol–water partition coefficient (Wildman–Crippen LogP) is 3.04. The number of nitrogens with zero attached hydrogens (tertiary/aromatic N) is 2. The molecule has 1 rings (SSSR count). The van der Waals surface area contributed by atoms with Crippen LogP contribution in [0.1, 0.15) is 25.6 Å². The van der Waals surface area contributed by atoms with Gasteiger partial charge in [-0.25, -0.2) is 14.2 Å². The molecule has 0 heterocycles. The van der Waals surface area contributed by atoms with E-state index in [4.69, 9.17) is 4.74 Å². The molecule has 0 saturated carbocycles. The van der Waals surface area contributed by atoms with Crippen molar-refractivity contribution in [3.63, 3.8) is 0 Å². The Bertz CT molecular complexity index is 492. The van der Waals surface area contributed by atoms with Crippen LogP contribution in [0.5, 0.6) is 0 Å². The summed E-state index contributed by atoms with van der Waals surface area (Å²) in [5, 5.41) is 1.51. The van der Waals surface area contributed by atoms with Crippen molar-refractivity contribution in [2.75, 3.05) is 13.6 Å². The monoisotopic (exact) mass is 297 g/mol. The van der Waals surface area contributed by atoms with Gasteiger partial charge in [-0.2, -0.15) is 0 Å². The minimum absolute atomic E-state index is 0.150. The number of hydrazine groups is 1. The van der Waals surface area contributed by atoms with Gasteiger partial charge in [0.2, 0.25) is 0 Å². The molecule has 1 N–H and O–H groups in total. The van der Waals surface area contributed by atoms with Gasteiger partial charge in [0.25, 0.3) is 0 Å². The average Bonchev–Trinajstić information content (AvgIpc) is 2.42. The van der Waals surface area contributed by atoms with Gasteiger partial charge in [-0.15, -0.1) is 6.58 Å². The fraction of sp³-hybridized carbons (Fsp3) is 0.400. The number of halogens is 2. The average molecular weight is 297 g/mol. The summed E-state index contributed by atoms with van der Waals surface area (Å²) in [5.74, 6) is -1.30. The molecule has 0 aliphatic carbocycles. The summed E-state index contributed by atoms with van der Waals surface area (Å²) >= 11 is 0. The molecule has 1 unspecified atom stereocenters. The summed E-state index contributed by atoms with van der Waals surface area (Å²) in [7, 11) is 1.66. The number of hydrogen-bond donors (Lipinski definition) is 1. The molecule has 0 aromatic heterocycles. The van der Waals surface area contributed by atoms with Gasteiger partial charge >= 0.3 is 0 Å². The summed E-state index contributed by atoms with van der Waals surface area (Å²) in [5.41, 5.74) is 3.10. The topological polar surface area (TPSA) is 36.9 Å². The third kappa shape index (κ3) is 5.24. The fourth-order valence-corrected chi connectivity index (χ4v) is 1.69. The summed E-state index contributed by atoms with van der Waals surface area (Å²) in [4.78, 5) is 4.11. The predicted molar refractivity (Wildman–Crippen MR) is 79.8 cm³/mol. The van der Waals surface area contributed by atoms with E-state index in [9.17, 15) is 8.78 Å². The van der Waals surface area contributed by atoms with Crippen LogP contribution in [0.4, 0.5) is 8.78 Å². The molecule has 0 amide bonds. The molecule has 0 bridgehead atoms. The van der Waals surface area contributed by atoms with E-state index in [1.165, 1.54) is 23.5 Å². The van der Waals surface area contributed by atoms with Crippen molar-refractivity contribution >= 4 is 6.34 Å². The Hall–Kier alpha value is -1.79. The molecule has 0 fully saturated rings. The van der Waals surface area contributed by atoms with Crippen molar-refractivity contribution < 1.29 is 13.5 Å². The first-order valence-corrected chi connectivity index (χ1v) is 6.66. The maximum absolute atomic E-state index is 14.0. The second-order valence-corrected chi connectivity index (χ2v) is 4.60. The third-order valence-corrected chi connectivity index (χ3v) is 2.58. The first kappa shape index (κ1) is 17.3. The zero-order valence-corrected chi connectivity index (χ0v) is 12.5. The van der Waals surface area contributed by atoms with E-state index in [0.29, 0.717) is 6.54 Å². The maximum Gasteiger partial charge on any atom is 0.174 e. The Morgan fingerprint density at radius 3 is 2.67 bits per heavy atom. The quantitative estimate of drug-likeness (QED) is 0.263. The minimum Gasteiger partial charge on any atom is -0.350 e. The third-order valence-electron chi connectivity index (χ3n) is 2.58. The Kier molecular flexibility index (Phi) is 6.98. The van der Waals surface area contributed by atoms with Gasteiger partial charge in [-0.05, 0) is 26.0 Å². The highest BCUT2D eigenvalue weighted by Crippen LogP contribution is 2.24. The van der Waals surface area contributed by atoms with Crippen LogP contribution in [0, 0.1) is 11.6 Å². The zero-order chi connectivity index (χ0) is 15.8. The lowest BCUT2D eigenvalue weighted by molar-refractivity contribution is -0.0766. The molecule has 0 aliphatic heterocycles. The van der Waals surface area contributed by atoms with E-state index >= 15 is 0 Å². The Balaban J connectivity index is 3.10. The molecule has 0 aliphatic rings. The molecule has 6 heteroatoms. The van der Waals surface area contributed by atoms with Gasteiger partial charge in [-0.1, -0.05) is 6.08 Å². The molecule has 1 aromatic carbocycles. The van der Waals surface area contributed by atoms with Gasteiger partial charge in [0, 0.05) is 18.7 Å². The van der Waals surface area contributed by atoms with Crippen molar-refractivity contribution in [2.24, 2.45) is 4.99 Å².